The molecule has 0 saturated heterocycles. The third kappa shape index (κ3) is 74.3. The summed E-state index contributed by atoms with van der Waals surface area (Å²) < 4.78 is 87.3. The number of rotatable bonds is 90. The highest BCUT2D eigenvalue weighted by Gasteiger charge is 2.31. The summed E-state index contributed by atoms with van der Waals surface area (Å²) in [5, 5.41) is 11.3. The second-order valence-electron chi connectivity index (χ2n) is 31.1. The van der Waals surface area contributed by atoms with E-state index in [1.54, 1.807) is 0 Å². The van der Waals surface area contributed by atoms with Gasteiger partial charge < -0.3 is 40.2 Å². The number of carbonyl (C=O) groups excluding carboxylic acids is 5. The lowest BCUT2D eigenvalue weighted by Crippen LogP contribution is -2.41. The van der Waals surface area contributed by atoms with Crippen LogP contribution in [-0.4, -0.2) is 133 Å². The summed E-state index contributed by atoms with van der Waals surface area (Å²) in [5.74, 6) is -0.737. The molecule has 0 spiro atoms. The van der Waals surface area contributed by atoms with Crippen LogP contribution in [0.25, 0.3) is 0 Å². The van der Waals surface area contributed by atoms with E-state index in [4.69, 9.17) is 46.1 Å². The number of esters is 2. The summed E-state index contributed by atoms with van der Waals surface area (Å²) in [6, 6.07) is -2.13. The minimum absolute atomic E-state index is 0.0170. The lowest BCUT2D eigenvalue weighted by molar-refractivity contribution is -0.151. The van der Waals surface area contributed by atoms with Crippen LogP contribution in [0.2, 0.25) is 0 Å². The number of nitrogens with one attached hydrogen (secondary N) is 4. The molecule has 0 aliphatic rings. The van der Waals surface area contributed by atoms with Gasteiger partial charge in [-0.05, 0) is 51.4 Å². The van der Waals surface area contributed by atoms with Crippen molar-refractivity contribution in [1.29, 1.82) is 0 Å². The average Bonchev–Trinajstić information content (AvgIpc) is 0.889. The molecule has 0 heterocycles. The second kappa shape index (κ2) is 82.9. The molecule has 4 N–H and O–H groups in total. The van der Waals surface area contributed by atoms with E-state index in [1.807, 2.05) is 0 Å². The van der Waals surface area contributed by atoms with E-state index in [2.05, 4.69) is 76.0 Å². The Morgan fingerprint density at radius 2 is 0.562 bits per heavy atom. The van der Waals surface area contributed by atoms with Gasteiger partial charge in [0.1, 0.15) is 12.2 Å². The molecule has 660 valence electrons. The maximum Gasteiger partial charge on any atom is 0.475 e. The molecule has 0 rings (SSSR count). The van der Waals surface area contributed by atoms with Gasteiger partial charge in [-0.25, -0.2) is 13.9 Å². The van der Waals surface area contributed by atoms with Crippen LogP contribution >= 0.6 is 15.6 Å². The van der Waals surface area contributed by atoms with Crippen LogP contribution in [0.1, 0.15) is 414 Å². The van der Waals surface area contributed by atoms with Crippen LogP contribution < -0.4 is 21.3 Å². The van der Waals surface area contributed by atoms with E-state index in [9.17, 15) is 33.1 Å². The van der Waals surface area contributed by atoms with Gasteiger partial charge in [-0.2, -0.15) is 0 Å². The number of amides is 4. The molecule has 0 aliphatic carbocycles. The quantitative estimate of drug-likeness (QED) is 0.0191. The van der Waals surface area contributed by atoms with E-state index in [-0.39, 0.29) is 115 Å². The van der Waals surface area contributed by atoms with Crippen molar-refractivity contribution in [1.82, 2.24) is 21.3 Å². The van der Waals surface area contributed by atoms with Gasteiger partial charge in [-0.15, -0.1) is 13.2 Å². The maximum absolute atomic E-state index is 14.2. The summed E-state index contributed by atoms with van der Waals surface area (Å²) in [6.07, 6.45) is 63.2. The number of hydrogen-bond acceptors (Lipinski definition) is 17. The van der Waals surface area contributed by atoms with Gasteiger partial charge in [-0.3, -0.25) is 46.3 Å². The van der Waals surface area contributed by atoms with E-state index in [1.165, 1.54) is 179 Å². The molecular weight excluding hydrogens is 1460 g/mol. The maximum atomic E-state index is 14.2. The first kappa shape index (κ1) is 109. The topological polar surface area (TPSA) is 260 Å². The number of unbranched alkanes of at least 4 members (excludes halogenated alkanes) is 44. The molecule has 0 aliphatic heterocycles. The summed E-state index contributed by atoms with van der Waals surface area (Å²) in [5.41, 5.74) is 0. The van der Waals surface area contributed by atoms with Crippen molar-refractivity contribution in [2.45, 2.75) is 438 Å². The molecule has 0 aromatic rings. The highest BCUT2D eigenvalue weighted by molar-refractivity contribution is 7.48. The molecule has 4 amide bonds. The smallest absolute Gasteiger partial charge is 0.462 e. The number of urea groups is 1. The highest BCUT2D eigenvalue weighted by Crippen LogP contribution is 2.50. The Balaban J connectivity index is 5.99. The van der Waals surface area contributed by atoms with Crippen molar-refractivity contribution < 1.29 is 79.2 Å². The lowest BCUT2D eigenvalue weighted by Gasteiger charge is -2.23. The van der Waals surface area contributed by atoms with Crippen molar-refractivity contribution in [2.24, 2.45) is 0 Å². The highest BCUT2D eigenvalue weighted by atomic mass is 31.2. The van der Waals surface area contributed by atoms with Crippen molar-refractivity contribution in [2.75, 3.05) is 79.2 Å². The molecule has 21 nitrogen and oxygen atoms in total. The Labute approximate surface area is 685 Å². The van der Waals surface area contributed by atoms with Crippen LogP contribution in [-0.2, 0) is 74.4 Å². The van der Waals surface area contributed by atoms with Gasteiger partial charge in [0.25, 0.3) is 0 Å². The molecule has 0 radical (unpaired) electrons. The minimum atomic E-state index is -4.32. The first-order chi connectivity index (χ1) is 54.6. The molecule has 6 atom stereocenters. The largest absolute Gasteiger partial charge is 0.475 e. The van der Waals surface area contributed by atoms with Crippen LogP contribution in [0.4, 0.5) is 4.79 Å². The standard InChI is InChI=1S/C89H172N4O17P2/c1-9-17-23-29-33-37-39-43-45-51-57-63-85(94)92-81(77-101-73-67-83(61-55-49-27-21-13-5)109-87(96)65-59-53-47-41-35-31-25-19-11-3)79-107-111(99,103-71-15-7)105-75-69-90-89(98)91-70-76-106-112(100,104-72-16-8)108-80-82(93-86(95)64-58-52-46-44-40-38-34-30-24-18-10-2)78-102-74-68-84(62-56-50-28-22-14-6)110-88(97)66-60-54-48-42-36-32-26-20-12-4/h15-16,81-84H,7-14,17-80H2,1-6H3,(H,92,94)(H,93,95)(H2,90,91,98)/t81-,82+,83-,84-,111?,112?/m1/s1. The summed E-state index contributed by atoms with van der Waals surface area (Å²) in [7, 11) is -8.64. The summed E-state index contributed by atoms with van der Waals surface area (Å²) >= 11 is 0. The van der Waals surface area contributed by atoms with Crippen molar-refractivity contribution in [3.8, 4) is 0 Å². The molecule has 0 bridgehead atoms. The van der Waals surface area contributed by atoms with Crippen molar-refractivity contribution >= 4 is 45.4 Å². The summed E-state index contributed by atoms with van der Waals surface area (Å²) in [6.45, 7) is 19.5. The molecule has 0 fully saturated rings. The first-order valence-electron chi connectivity index (χ1n) is 46.1. The molecule has 23 heteroatoms. The van der Waals surface area contributed by atoms with Crippen LogP contribution in [0.15, 0.2) is 25.3 Å². The first-order valence-corrected chi connectivity index (χ1v) is 49.0. The lowest BCUT2D eigenvalue weighted by atomic mass is 10.1. The van der Waals surface area contributed by atoms with E-state index in [0.29, 0.717) is 38.5 Å². The molecule has 0 aromatic heterocycles. The summed E-state index contributed by atoms with van der Waals surface area (Å²) in [4.78, 5) is 66.5. The fourth-order valence-corrected chi connectivity index (χ4v) is 15.7. The predicted molar refractivity (Wildman–Crippen MR) is 460 cm³/mol. The molecule has 112 heavy (non-hydrogen) atoms. The van der Waals surface area contributed by atoms with Crippen molar-refractivity contribution in [3.63, 3.8) is 0 Å². The van der Waals surface area contributed by atoms with Gasteiger partial charge in [0, 0.05) is 51.6 Å². The molecule has 2 unspecified atom stereocenters. The number of carbonyl (C=O) groups is 5. The zero-order valence-corrected chi connectivity index (χ0v) is 74.5. The SMILES string of the molecule is C=CCOP(=O)(OCCNC(=O)NCCOP(=O)(OCC=C)OC[C@H](COCC[C@@H](CCCCCCC)OC(=O)CCCCCCCCCCC)NC(=O)CCCCCCCCCCCCC)OC[C@@H](COCC[C@@H](CCCCCCC)OC(=O)CCCCCCCCCCC)NC(=O)CCCCCCCCCCCCC. The zero-order valence-electron chi connectivity index (χ0n) is 72.7. The van der Waals surface area contributed by atoms with Gasteiger partial charge in [0.05, 0.1) is 78.2 Å². The zero-order chi connectivity index (χ0) is 82.0. The van der Waals surface area contributed by atoms with Crippen molar-refractivity contribution in [3.05, 3.63) is 25.3 Å². The van der Waals surface area contributed by atoms with E-state index < -0.39 is 33.8 Å². The third-order valence-corrected chi connectivity index (χ3v) is 23.1. The van der Waals surface area contributed by atoms with Gasteiger partial charge >= 0.3 is 33.6 Å². The Bertz CT molecular complexity index is 2120. The fourth-order valence-electron chi connectivity index (χ4n) is 13.3. The second-order valence-corrected chi connectivity index (χ2v) is 34.5. The van der Waals surface area contributed by atoms with Gasteiger partial charge in [0.2, 0.25) is 11.8 Å². The van der Waals surface area contributed by atoms with E-state index in [0.717, 1.165) is 167 Å². The Morgan fingerprint density at radius 1 is 0.304 bits per heavy atom. The van der Waals surface area contributed by atoms with Crippen LogP contribution in [0.5, 0.6) is 0 Å². The minimum Gasteiger partial charge on any atom is -0.462 e. The molecule has 0 aromatic carbocycles. The number of ether oxygens (including phenoxy) is 4. The number of phosphoric acid groups is 2. The van der Waals surface area contributed by atoms with Gasteiger partial charge in [0.15, 0.2) is 0 Å². The number of phosphoric ester groups is 2. The van der Waals surface area contributed by atoms with Gasteiger partial charge in [-0.1, -0.05) is 336 Å². The normalized spacial score (nSPS) is 13.7. The van der Waals surface area contributed by atoms with Crippen LogP contribution in [0, 0.1) is 0 Å². The Kier molecular flexibility index (Phi) is 80.5. The molecular formula is C89H172N4O17P2. The average molecular weight is 1630 g/mol. The number of hydrogen-bond donors (Lipinski definition) is 4. The third-order valence-electron chi connectivity index (χ3n) is 20.2. The van der Waals surface area contributed by atoms with E-state index >= 15 is 0 Å². The fraction of sp³-hybridized carbons (Fsp3) is 0.899. The molecule has 0 saturated carbocycles. The Morgan fingerprint density at radius 3 is 0.839 bits per heavy atom. The van der Waals surface area contributed by atoms with Crippen LogP contribution in [0.3, 0.4) is 0 Å². The predicted octanol–water partition coefficient (Wildman–Crippen LogP) is 24.5. The monoisotopic (exact) mass is 1630 g/mol. The Hall–Kier alpha value is -3.23.